The molecule has 17 aromatic rings. The molecule has 0 fully saturated rings. The Kier molecular flexibility index (Phi) is 3.09. The number of nitrogens with one attached hydrogen (secondary N) is 1. The number of hydrogen-bond donors (Lipinski definition) is 1. The van der Waals surface area contributed by atoms with Crippen LogP contribution in [0.25, 0.3) is 169 Å². The van der Waals surface area contributed by atoms with Gasteiger partial charge in [0.1, 0.15) is 11.3 Å². The number of nitrogens with zero attached hydrogens (tertiary/aromatic N) is 7. The van der Waals surface area contributed by atoms with Gasteiger partial charge >= 0.3 is 0 Å². The van der Waals surface area contributed by atoms with Gasteiger partial charge in [0.25, 0.3) is 5.56 Å². The van der Waals surface area contributed by atoms with Crippen LogP contribution >= 0.6 is 0 Å². The second-order valence-electron chi connectivity index (χ2n) is 15.2. The molecular weight excluding hydrogens is 720 g/mol. The maximum Gasteiger partial charge on any atom is 0.266 e. The van der Waals surface area contributed by atoms with Gasteiger partial charge < -0.3 is 4.98 Å². The standard InChI is InChI=1S/C40H2N8O8/c49-25-2-1-3-5-6(4(2)25)26(50)15-9-10(28(9)52)16-23-22(15)38-46-33(5)41-32(3)42-36-21-20-14-11-17(29(11)53)24(21)40(56)48(38)39(23)47-37-19-13(31(16)55)8-7(27(8)51)12(30(14)54)18(19)34(45-37)43-35(20)44-36/h1H,(H,41,42,43,44,45,46,47). The highest BCUT2D eigenvalue weighted by molar-refractivity contribution is 6.44. The van der Waals surface area contributed by atoms with Gasteiger partial charge in [-0.25, -0.2) is 34.3 Å². The average Bonchev–Trinajstić information content (AvgIpc) is 4.12. The maximum absolute atomic E-state index is 15.7. The van der Waals surface area contributed by atoms with Crippen LogP contribution in [0.5, 0.6) is 0 Å². The van der Waals surface area contributed by atoms with Gasteiger partial charge in [-0.3, -0.25) is 38.4 Å². The average molecular weight is 723 g/mol. The minimum atomic E-state index is -0.850. The lowest BCUT2D eigenvalue weighted by Crippen LogP contribution is -2.12. The summed E-state index contributed by atoms with van der Waals surface area (Å²) in [6.45, 7) is 0. The summed E-state index contributed by atoms with van der Waals surface area (Å²) in [6, 6.07) is 1.57. The van der Waals surface area contributed by atoms with E-state index in [1.165, 1.54) is 0 Å². The summed E-state index contributed by atoms with van der Waals surface area (Å²) in [7, 11) is 0. The van der Waals surface area contributed by atoms with Crippen molar-refractivity contribution in [1.29, 1.82) is 0 Å². The molecule has 0 spiro atoms. The van der Waals surface area contributed by atoms with Gasteiger partial charge in [0.15, 0.2) is 71.9 Å². The van der Waals surface area contributed by atoms with Crippen LogP contribution in [-0.2, 0) is 0 Å². The summed E-state index contributed by atoms with van der Waals surface area (Å²) >= 11 is 0. The van der Waals surface area contributed by atoms with Crippen LogP contribution in [0.1, 0.15) is 0 Å². The largest absolute Gasteiger partial charge is 0.324 e. The van der Waals surface area contributed by atoms with E-state index in [1.54, 1.807) is 6.07 Å². The van der Waals surface area contributed by atoms with Gasteiger partial charge in [0, 0.05) is 118 Å². The Balaban J connectivity index is 1.47. The van der Waals surface area contributed by atoms with Gasteiger partial charge in [-0.1, -0.05) is 0 Å². The molecule has 17 rings (SSSR count). The van der Waals surface area contributed by atoms with E-state index in [1.807, 2.05) is 0 Å². The number of hydrogen-bond acceptors (Lipinski definition) is 14. The van der Waals surface area contributed by atoms with Crippen molar-refractivity contribution in [3.05, 3.63) is 88.0 Å². The molecule has 8 aromatic carbocycles. The fraction of sp³-hybridized carbons (Fsp3) is 0. The SMILES string of the molecule is O=c1c2cc3c4nc5nc6c7c(c(=O)c(c12)c53)c1c(=O)c1c1c(=O)c2c3c(=O)c3c3c(=O)c5c8c(=O)c8c8c(=O)n6c(nc6nc(nc9[nH]c(n4)c8c95)c3c62)c17. The molecule has 0 saturated carbocycles. The Labute approximate surface area is 295 Å². The van der Waals surface area contributed by atoms with Crippen molar-refractivity contribution in [3.63, 3.8) is 0 Å². The second kappa shape index (κ2) is 6.77. The van der Waals surface area contributed by atoms with E-state index < -0.39 is 38.1 Å². The summed E-state index contributed by atoms with van der Waals surface area (Å²) in [4.78, 5) is 149. The van der Waals surface area contributed by atoms with Crippen LogP contribution in [0.2, 0.25) is 0 Å². The molecule has 0 atom stereocenters. The Morgan fingerprint density at radius 2 is 0.714 bits per heavy atom. The van der Waals surface area contributed by atoms with Crippen LogP contribution in [0, 0.1) is 0 Å². The number of H-pyrrole nitrogens is 1. The first kappa shape index (κ1) is 25.6. The monoisotopic (exact) mass is 722 g/mol. The summed E-state index contributed by atoms with van der Waals surface area (Å²) in [5.41, 5.74) is -5.86. The lowest BCUT2D eigenvalue weighted by molar-refractivity contribution is 1.14. The van der Waals surface area contributed by atoms with Crippen LogP contribution in [0.15, 0.2) is 44.4 Å². The molecule has 0 saturated heterocycles. The van der Waals surface area contributed by atoms with Crippen molar-refractivity contribution in [2.75, 3.05) is 0 Å². The minimum absolute atomic E-state index is 0.00452. The summed E-state index contributed by atoms with van der Waals surface area (Å²) in [5, 5.41) is -0.286. The maximum atomic E-state index is 15.7. The number of fused-ring (bicyclic) bond motifs is 12. The predicted molar refractivity (Wildman–Crippen MR) is 208 cm³/mol. The smallest absolute Gasteiger partial charge is 0.266 e. The molecule has 16 nitrogen and oxygen atoms in total. The van der Waals surface area contributed by atoms with E-state index in [9.17, 15) is 19.2 Å². The highest BCUT2D eigenvalue weighted by atomic mass is 16.1. The van der Waals surface area contributed by atoms with Crippen molar-refractivity contribution in [2.45, 2.75) is 0 Å². The fourth-order valence-corrected chi connectivity index (χ4v) is 10.6. The third-order valence-electron chi connectivity index (χ3n) is 13.0. The number of aromatic amines is 1. The third-order valence-corrected chi connectivity index (χ3v) is 13.0. The van der Waals surface area contributed by atoms with Crippen LogP contribution in [0.4, 0.5) is 0 Å². The van der Waals surface area contributed by atoms with Gasteiger partial charge in [-0.05, 0) is 6.07 Å². The fourth-order valence-electron chi connectivity index (χ4n) is 10.6. The number of aromatic nitrogens is 8. The molecule has 0 aliphatic carbocycles. The van der Waals surface area contributed by atoms with Gasteiger partial charge in [0.05, 0.1) is 5.39 Å². The van der Waals surface area contributed by atoms with Crippen molar-refractivity contribution < 1.29 is 0 Å². The van der Waals surface area contributed by atoms with E-state index in [0.29, 0.717) is 0 Å². The zero-order valence-corrected chi connectivity index (χ0v) is 27.0. The molecule has 0 unspecified atom stereocenters. The molecule has 1 N–H and O–H groups in total. The Bertz CT molecular complexity index is 5290. The van der Waals surface area contributed by atoms with Crippen molar-refractivity contribution in [1.82, 2.24) is 39.3 Å². The van der Waals surface area contributed by atoms with Gasteiger partial charge in [0.2, 0.25) is 0 Å². The summed E-state index contributed by atoms with van der Waals surface area (Å²) in [5.74, 6) is 0. The van der Waals surface area contributed by atoms with Crippen LogP contribution < -0.4 is 43.6 Å². The molecule has 0 amide bonds. The van der Waals surface area contributed by atoms with E-state index in [2.05, 4.69) is 4.98 Å². The lowest BCUT2D eigenvalue weighted by Gasteiger charge is -2.01. The minimum Gasteiger partial charge on any atom is -0.324 e. The Morgan fingerprint density at radius 3 is 1.29 bits per heavy atom. The summed E-state index contributed by atoms with van der Waals surface area (Å²) < 4.78 is 1.11. The Morgan fingerprint density at radius 1 is 0.321 bits per heavy atom. The van der Waals surface area contributed by atoms with Crippen molar-refractivity contribution in [2.24, 2.45) is 0 Å². The number of rotatable bonds is 0. The van der Waals surface area contributed by atoms with Gasteiger partial charge in [-0.15, -0.1) is 0 Å². The topological polar surface area (TPSA) is 234 Å². The molecule has 0 aliphatic heterocycles. The molecule has 11 bridgehead atoms. The highest BCUT2D eigenvalue weighted by Crippen LogP contribution is 2.46. The van der Waals surface area contributed by atoms with Crippen molar-refractivity contribution in [3.8, 4) is 0 Å². The van der Waals surface area contributed by atoms with E-state index in [4.69, 9.17) is 29.9 Å². The molecule has 16 heteroatoms. The first-order chi connectivity index (χ1) is 27.2. The van der Waals surface area contributed by atoms with Crippen LogP contribution in [0.3, 0.4) is 0 Å². The summed E-state index contributed by atoms with van der Waals surface area (Å²) in [6.07, 6.45) is 0. The van der Waals surface area contributed by atoms with Crippen molar-refractivity contribution >= 4 is 169 Å². The molecule has 56 heavy (non-hydrogen) atoms. The quantitative estimate of drug-likeness (QED) is 0.236. The van der Waals surface area contributed by atoms with E-state index in [0.717, 1.165) is 4.40 Å². The normalized spacial score (nSPS) is 14.3. The second-order valence-corrected chi connectivity index (χ2v) is 15.2. The third kappa shape index (κ3) is 2.10. The predicted octanol–water partition coefficient (Wildman–Crippen LogP) is 1.95. The molecule has 9 heterocycles. The van der Waals surface area contributed by atoms with E-state index >= 15 is 19.2 Å². The zero-order valence-electron chi connectivity index (χ0n) is 27.0. The lowest BCUT2D eigenvalue weighted by atomic mass is 9.99. The first-order valence-corrected chi connectivity index (χ1v) is 17.3. The molecule has 9 aromatic heterocycles. The molecule has 250 valence electrons. The van der Waals surface area contributed by atoms with E-state index in [-0.39, 0.29) is 174 Å². The first-order valence-electron chi connectivity index (χ1n) is 17.3. The molecule has 0 radical (unpaired) electrons. The van der Waals surface area contributed by atoms with Gasteiger partial charge in [-0.2, -0.15) is 0 Å². The molecular formula is C40H2N8O8. The zero-order chi connectivity index (χ0) is 36.8. The Hall–Kier alpha value is -8.40. The highest BCUT2D eigenvalue weighted by Gasteiger charge is 2.38. The number of benzene rings is 4. The molecule has 0 aliphatic rings. The van der Waals surface area contributed by atoms with Crippen LogP contribution in [-0.4, -0.2) is 39.3 Å².